The number of carbonyl (C=O) groups is 1. The maximum Gasteiger partial charge on any atom is 0.317 e. The third-order valence-corrected chi connectivity index (χ3v) is 5.76. The summed E-state index contributed by atoms with van der Waals surface area (Å²) >= 11 is 0. The van der Waals surface area contributed by atoms with Gasteiger partial charge < -0.3 is 15.1 Å². The van der Waals surface area contributed by atoms with Gasteiger partial charge in [-0.25, -0.2) is 9.18 Å². The summed E-state index contributed by atoms with van der Waals surface area (Å²) in [6, 6.07) is 6.86. The summed E-state index contributed by atoms with van der Waals surface area (Å²) in [6.07, 6.45) is 3.39. The number of carbonyl (C=O) groups excluding carboxylic acids is 1. The molecule has 0 aliphatic carbocycles. The molecule has 2 saturated heterocycles. The van der Waals surface area contributed by atoms with Gasteiger partial charge in [-0.2, -0.15) is 0 Å². The minimum atomic E-state index is -0.187. The summed E-state index contributed by atoms with van der Waals surface area (Å²) < 4.78 is 13.4. The number of nitrogens with zero attached hydrogens (tertiary/aromatic N) is 3. The zero-order chi connectivity index (χ0) is 19.1. The Morgan fingerprint density at radius 3 is 2.81 bits per heavy atom. The number of halogens is 1. The van der Waals surface area contributed by atoms with Gasteiger partial charge in [0, 0.05) is 45.8 Å². The van der Waals surface area contributed by atoms with Gasteiger partial charge in [-0.3, -0.25) is 4.90 Å². The van der Waals surface area contributed by atoms with Crippen LogP contribution >= 0.6 is 0 Å². The summed E-state index contributed by atoms with van der Waals surface area (Å²) in [5.74, 6) is 0.381. The quantitative estimate of drug-likeness (QED) is 0.859. The summed E-state index contributed by atoms with van der Waals surface area (Å²) in [5.41, 5.74) is 0.991. The zero-order valence-electron chi connectivity index (χ0n) is 16.5. The van der Waals surface area contributed by atoms with Crippen molar-refractivity contribution in [3.8, 4) is 0 Å². The highest BCUT2D eigenvalue weighted by Gasteiger charge is 2.22. The molecule has 1 aromatic carbocycles. The maximum atomic E-state index is 13.4. The molecule has 2 fully saturated rings. The van der Waals surface area contributed by atoms with Crippen LogP contribution in [0, 0.1) is 11.7 Å². The number of likely N-dealkylation sites (tertiary alicyclic amines) is 1. The molecule has 1 N–H and O–H groups in total. The third kappa shape index (κ3) is 6.18. The average Bonchev–Trinajstić information content (AvgIpc) is 2.92. The number of rotatable bonds is 5. The Morgan fingerprint density at radius 2 is 2.00 bits per heavy atom. The second-order valence-corrected chi connectivity index (χ2v) is 7.83. The predicted molar refractivity (Wildman–Crippen MR) is 106 cm³/mol. The number of nitrogens with one attached hydrogen (secondary N) is 1. The molecule has 27 heavy (non-hydrogen) atoms. The van der Waals surface area contributed by atoms with Crippen molar-refractivity contribution in [1.29, 1.82) is 0 Å². The van der Waals surface area contributed by atoms with Gasteiger partial charge >= 0.3 is 6.03 Å². The van der Waals surface area contributed by atoms with Crippen LogP contribution in [0.2, 0.25) is 0 Å². The average molecular weight is 377 g/mol. The van der Waals surface area contributed by atoms with Gasteiger partial charge in [0.1, 0.15) is 5.82 Å². The van der Waals surface area contributed by atoms with Crippen LogP contribution < -0.4 is 5.32 Å². The second kappa shape index (κ2) is 10.0. The maximum absolute atomic E-state index is 13.4. The van der Waals surface area contributed by atoms with Crippen LogP contribution in [0.1, 0.15) is 31.7 Å². The molecular weight excluding hydrogens is 343 g/mol. The molecular formula is C21H33FN4O. The molecule has 2 aliphatic heterocycles. The minimum absolute atomic E-state index is 0.0660. The lowest BCUT2D eigenvalue weighted by Crippen LogP contribution is -2.46. The molecule has 0 bridgehead atoms. The van der Waals surface area contributed by atoms with Crippen molar-refractivity contribution >= 4 is 6.03 Å². The lowest BCUT2D eigenvalue weighted by Gasteiger charge is -2.32. The van der Waals surface area contributed by atoms with Gasteiger partial charge in [-0.15, -0.1) is 0 Å². The van der Waals surface area contributed by atoms with E-state index >= 15 is 0 Å². The first kappa shape index (κ1) is 20.1. The zero-order valence-corrected chi connectivity index (χ0v) is 16.5. The van der Waals surface area contributed by atoms with E-state index in [9.17, 15) is 9.18 Å². The highest BCUT2D eigenvalue weighted by molar-refractivity contribution is 5.74. The Balaban J connectivity index is 1.42. The first-order valence-corrected chi connectivity index (χ1v) is 10.4. The van der Waals surface area contributed by atoms with Crippen molar-refractivity contribution in [1.82, 2.24) is 20.0 Å². The van der Waals surface area contributed by atoms with E-state index in [1.807, 2.05) is 11.0 Å². The monoisotopic (exact) mass is 376 g/mol. The number of benzene rings is 1. The lowest BCUT2D eigenvalue weighted by atomic mass is 9.98. The molecule has 150 valence electrons. The normalized spacial score (nSPS) is 22.4. The second-order valence-electron chi connectivity index (χ2n) is 7.83. The molecule has 0 aromatic heterocycles. The van der Waals surface area contributed by atoms with Crippen molar-refractivity contribution in [3.63, 3.8) is 0 Å². The molecule has 6 heteroatoms. The van der Waals surface area contributed by atoms with Gasteiger partial charge in [0.25, 0.3) is 0 Å². The fourth-order valence-corrected chi connectivity index (χ4v) is 4.17. The van der Waals surface area contributed by atoms with Crippen LogP contribution in [0.5, 0.6) is 0 Å². The van der Waals surface area contributed by atoms with Gasteiger partial charge in [0.2, 0.25) is 0 Å². The van der Waals surface area contributed by atoms with E-state index in [4.69, 9.17) is 0 Å². The van der Waals surface area contributed by atoms with E-state index in [-0.39, 0.29) is 11.8 Å². The molecule has 0 spiro atoms. The summed E-state index contributed by atoms with van der Waals surface area (Å²) in [4.78, 5) is 19.3. The number of piperidine rings is 1. The highest BCUT2D eigenvalue weighted by Crippen LogP contribution is 2.15. The molecule has 0 radical (unpaired) electrons. The van der Waals surface area contributed by atoms with Crippen LogP contribution in [-0.4, -0.2) is 73.1 Å². The molecule has 1 atom stereocenters. The van der Waals surface area contributed by atoms with E-state index in [1.165, 1.54) is 25.5 Å². The molecule has 0 saturated carbocycles. The Morgan fingerprint density at radius 1 is 1.15 bits per heavy atom. The predicted octanol–water partition coefficient (Wildman–Crippen LogP) is 2.77. The number of amides is 2. The largest absolute Gasteiger partial charge is 0.338 e. The summed E-state index contributed by atoms with van der Waals surface area (Å²) in [5, 5.41) is 3.16. The van der Waals surface area contributed by atoms with Crippen LogP contribution in [0.3, 0.4) is 0 Å². The van der Waals surface area contributed by atoms with E-state index in [1.54, 1.807) is 12.1 Å². The van der Waals surface area contributed by atoms with E-state index in [0.717, 1.165) is 64.3 Å². The lowest BCUT2D eigenvalue weighted by molar-refractivity contribution is 0.170. The van der Waals surface area contributed by atoms with Crippen molar-refractivity contribution < 1.29 is 9.18 Å². The molecule has 3 rings (SSSR count). The van der Waals surface area contributed by atoms with Gasteiger partial charge in [-0.05, 0) is 56.0 Å². The molecule has 1 unspecified atom stereocenters. The molecule has 5 nitrogen and oxygen atoms in total. The highest BCUT2D eigenvalue weighted by atomic mass is 19.1. The van der Waals surface area contributed by atoms with E-state index in [0.29, 0.717) is 5.92 Å². The smallest absolute Gasteiger partial charge is 0.317 e. The molecule has 2 amide bonds. The number of hydrogen-bond acceptors (Lipinski definition) is 3. The van der Waals surface area contributed by atoms with Gasteiger partial charge in [0.05, 0.1) is 0 Å². The topological polar surface area (TPSA) is 38.8 Å². The Labute approximate surface area is 162 Å². The minimum Gasteiger partial charge on any atom is -0.338 e. The van der Waals surface area contributed by atoms with E-state index in [2.05, 4.69) is 22.0 Å². The fourth-order valence-electron chi connectivity index (χ4n) is 4.17. The molecule has 2 aliphatic rings. The van der Waals surface area contributed by atoms with Crippen molar-refractivity contribution in [2.45, 2.75) is 32.7 Å². The van der Waals surface area contributed by atoms with Crippen molar-refractivity contribution in [2.24, 2.45) is 5.92 Å². The first-order valence-electron chi connectivity index (χ1n) is 10.4. The van der Waals surface area contributed by atoms with Crippen LogP contribution in [-0.2, 0) is 6.54 Å². The third-order valence-electron chi connectivity index (χ3n) is 5.76. The van der Waals surface area contributed by atoms with Crippen molar-refractivity contribution in [2.75, 3.05) is 52.4 Å². The van der Waals surface area contributed by atoms with Crippen LogP contribution in [0.4, 0.5) is 9.18 Å². The van der Waals surface area contributed by atoms with Crippen molar-refractivity contribution in [3.05, 3.63) is 35.6 Å². The van der Waals surface area contributed by atoms with E-state index < -0.39 is 0 Å². The Kier molecular flexibility index (Phi) is 7.47. The van der Waals surface area contributed by atoms with Crippen LogP contribution in [0.25, 0.3) is 0 Å². The standard InChI is InChI=1S/C21H33FN4O/c1-2-24-9-4-7-19(17-24)15-23-21(27)26-11-5-10-25(12-13-26)16-18-6-3-8-20(22)14-18/h3,6,8,14,19H,2,4-5,7,9-13,15-17H2,1H3,(H,23,27). The Bertz CT molecular complexity index is 612. The fraction of sp³-hybridized carbons (Fsp3) is 0.667. The molecule has 1 aromatic rings. The van der Waals surface area contributed by atoms with Crippen LogP contribution in [0.15, 0.2) is 24.3 Å². The summed E-state index contributed by atoms with van der Waals surface area (Å²) in [6.45, 7) is 10.4. The molecule has 2 heterocycles. The first-order chi connectivity index (χ1) is 13.1. The van der Waals surface area contributed by atoms with Gasteiger partial charge in [0.15, 0.2) is 0 Å². The Hall–Kier alpha value is -1.66. The number of urea groups is 1. The SMILES string of the molecule is CCN1CCCC(CNC(=O)N2CCCN(Cc3cccc(F)c3)CC2)C1. The summed E-state index contributed by atoms with van der Waals surface area (Å²) in [7, 11) is 0. The number of hydrogen-bond donors (Lipinski definition) is 1. The van der Waals surface area contributed by atoms with Gasteiger partial charge in [-0.1, -0.05) is 19.1 Å².